The Bertz CT molecular complexity index is 825. The molecule has 2 N–H and O–H groups in total. The summed E-state index contributed by atoms with van der Waals surface area (Å²) in [5, 5.41) is 0. The van der Waals surface area contributed by atoms with Crippen molar-refractivity contribution in [2.75, 3.05) is 6.54 Å². The van der Waals surface area contributed by atoms with Crippen LogP contribution in [0.4, 0.5) is 13.2 Å². The Morgan fingerprint density at radius 1 is 0.957 bits per heavy atom. The molecule has 2 aromatic carbocycles. The van der Waals surface area contributed by atoms with Crippen LogP contribution in [0, 0.1) is 17.5 Å². The lowest BCUT2D eigenvalue weighted by Crippen LogP contribution is -2.05. The average Bonchev–Trinajstić information content (AvgIpc) is 2.87. The molecule has 0 atom stereocenters. The number of aromatic nitrogens is 2. The van der Waals surface area contributed by atoms with E-state index < -0.39 is 11.6 Å². The van der Waals surface area contributed by atoms with E-state index in [-0.39, 0.29) is 5.82 Å². The van der Waals surface area contributed by atoms with Crippen LogP contribution in [0.1, 0.15) is 12.8 Å². The van der Waals surface area contributed by atoms with Gasteiger partial charge in [0, 0.05) is 24.2 Å². The van der Waals surface area contributed by atoms with Crippen LogP contribution < -0.4 is 5.73 Å². The number of halogens is 3. The molecule has 0 radical (unpaired) electrons. The first kappa shape index (κ1) is 15.6. The van der Waals surface area contributed by atoms with Gasteiger partial charge in [-0.3, -0.25) is 0 Å². The minimum Gasteiger partial charge on any atom is -0.330 e. The minimum absolute atomic E-state index is 0.350. The molecule has 0 fully saturated rings. The standard InChI is InChI=1S/C17H16F3N3/c18-12-5-3-11(4-6-12)17-22-15-9-13(19)14(20)10-16(15)23(17)8-2-1-7-21/h3-6,9-10H,1-2,7-8,21H2. The SMILES string of the molecule is NCCCCn1c(-c2ccc(F)cc2)nc2cc(F)c(F)cc21. The smallest absolute Gasteiger partial charge is 0.161 e. The predicted molar refractivity (Wildman–Crippen MR) is 83.3 cm³/mol. The molecule has 0 unspecified atom stereocenters. The number of hydrogen-bond acceptors (Lipinski definition) is 2. The zero-order valence-corrected chi connectivity index (χ0v) is 12.4. The highest BCUT2D eigenvalue weighted by Crippen LogP contribution is 2.27. The molecular weight excluding hydrogens is 303 g/mol. The zero-order chi connectivity index (χ0) is 16.4. The molecule has 23 heavy (non-hydrogen) atoms. The molecule has 0 bridgehead atoms. The van der Waals surface area contributed by atoms with Gasteiger partial charge in [0.2, 0.25) is 0 Å². The zero-order valence-electron chi connectivity index (χ0n) is 12.4. The van der Waals surface area contributed by atoms with E-state index in [0.717, 1.165) is 25.0 Å². The number of hydrogen-bond donors (Lipinski definition) is 1. The largest absolute Gasteiger partial charge is 0.330 e. The van der Waals surface area contributed by atoms with Crippen LogP contribution in [0.3, 0.4) is 0 Å². The molecular formula is C17H16F3N3. The van der Waals surface area contributed by atoms with E-state index in [9.17, 15) is 13.2 Å². The van der Waals surface area contributed by atoms with Gasteiger partial charge in [0.25, 0.3) is 0 Å². The summed E-state index contributed by atoms with van der Waals surface area (Å²) in [5.74, 6) is -1.64. The Kier molecular flexibility index (Phi) is 4.34. The Balaban J connectivity index is 2.14. The van der Waals surface area contributed by atoms with Gasteiger partial charge in [-0.1, -0.05) is 0 Å². The Hall–Kier alpha value is -2.34. The molecule has 120 valence electrons. The third-order valence-electron chi connectivity index (χ3n) is 3.73. The van der Waals surface area contributed by atoms with E-state index in [4.69, 9.17) is 5.73 Å². The predicted octanol–water partition coefficient (Wildman–Crippen LogP) is 3.86. The highest BCUT2D eigenvalue weighted by Gasteiger charge is 2.15. The number of nitrogens with two attached hydrogens (primary N) is 1. The fraction of sp³-hybridized carbons (Fsp3) is 0.235. The second kappa shape index (κ2) is 6.42. The van der Waals surface area contributed by atoms with E-state index in [1.54, 1.807) is 12.1 Å². The molecule has 0 saturated heterocycles. The highest BCUT2D eigenvalue weighted by atomic mass is 19.2. The number of fused-ring (bicyclic) bond motifs is 1. The molecule has 3 rings (SSSR count). The second-order valence-electron chi connectivity index (χ2n) is 5.34. The summed E-state index contributed by atoms with van der Waals surface area (Å²) in [7, 11) is 0. The van der Waals surface area contributed by atoms with Gasteiger partial charge >= 0.3 is 0 Å². The third kappa shape index (κ3) is 3.07. The summed E-state index contributed by atoms with van der Waals surface area (Å²) >= 11 is 0. The van der Waals surface area contributed by atoms with Gasteiger partial charge in [-0.2, -0.15) is 0 Å². The van der Waals surface area contributed by atoms with E-state index in [0.29, 0.717) is 35.5 Å². The van der Waals surface area contributed by atoms with E-state index in [1.807, 2.05) is 4.57 Å². The van der Waals surface area contributed by atoms with Crippen LogP contribution in [0.25, 0.3) is 22.4 Å². The maximum absolute atomic E-state index is 13.6. The highest BCUT2D eigenvalue weighted by molar-refractivity contribution is 5.80. The Morgan fingerprint density at radius 3 is 2.35 bits per heavy atom. The van der Waals surface area contributed by atoms with Gasteiger partial charge in [-0.05, 0) is 43.7 Å². The summed E-state index contributed by atoms with van der Waals surface area (Å²) in [6.07, 6.45) is 1.60. The maximum atomic E-state index is 13.6. The van der Waals surface area contributed by atoms with Crippen molar-refractivity contribution in [2.24, 2.45) is 5.73 Å². The van der Waals surface area contributed by atoms with E-state index in [1.165, 1.54) is 12.1 Å². The van der Waals surface area contributed by atoms with Gasteiger partial charge in [-0.15, -0.1) is 0 Å². The third-order valence-corrected chi connectivity index (χ3v) is 3.73. The fourth-order valence-corrected chi connectivity index (χ4v) is 2.58. The van der Waals surface area contributed by atoms with Crippen molar-refractivity contribution in [3.8, 4) is 11.4 Å². The summed E-state index contributed by atoms with van der Waals surface area (Å²) in [4.78, 5) is 4.40. The summed E-state index contributed by atoms with van der Waals surface area (Å²) in [6, 6.07) is 8.09. The average molecular weight is 319 g/mol. The maximum Gasteiger partial charge on any atom is 0.161 e. The van der Waals surface area contributed by atoms with Crippen LogP contribution in [0.2, 0.25) is 0 Å². The van der Waals surface area contributed by atoms with Crippen molar-refractivity contribution in [1.82, 2.24) is 9.55 Å². The van der Waals surface area contributed by atoms with Gasteiger partial charge in [0.05, 0.1) is 11.0 Å². The van der Waals surface area contributed by atoms with Gasteiger partial charge in [-0.25, -0.2) is 18.2 Å². The Morgan fingerprint density at radius 2 is 1.65 bits per heavy atom. The molecule has 0 aliphatic rings. The quantitative estimate of drug-likeness (QED) is 0.726. The number of unbranched alkanes of at least 4 members (excludes halogenated alkanes) is 1. The first-order valence-electron chi connectivity index (χ1n) is 7.41. The molecule has 3 nitrogen and oxygen atoms in total. The van der Waals surface area contributed by atoms with Crippen molar-refractivity contribution in [3.63, 3.8) is 0 Å². The lowest BCUT2D eigenvalue weighted by molar-refractivity contribution is 0.510. The van der Waals surface area contributed by atoms with Crippen molar-refractivity contribution in [1.29, 1.82) is 0 Å². The summed E-state index contributed by atoms with van der Waals surface area (Å²) in [5.41, 5.74) is 7.09. The van der Waals surface area contributed by atoms with Crippen LogP contribution in [0.15, 0.2) is 36.4 Å². The Labute approximate surface area is 131 Å². The summed E-state index contributed by atoms with van der Waals surface area (Å²) in [6.45, 7) is 1.13. The molecule has 3 aromatic rings. The van der Waals surface area contributed by atoms with Crippen LogP contribution in [-0.2, 0) is 6.54 Å². The minimum atomic E-state index is -0.935. The van der Waals surface area contributed by atoms with Gasteiger partial charge in [0.15, 0.2) is 11.6 Å². The van der Waals surface area contributed by atoms with E-state index in [2.05, 4.69) is 4.98 Å². The van der Waals surface area contributed by atoms with E-state index >= 15 is 0 Å². The first-order valence-corrected chi connectivity index (χ1v) is 7.41. The lowest BCUT2D eigenvalue weighted by Gasteiger charge is -2.09. The second-order valence-corrected chi connectivity index (χ2v) is 5.34. The lowest BCUT2D eigenvalue weighted by atomic mass is 10.2. The van der Waals surface area contributed by atoms with Crippen LogP contribution >= 0.6 is 0 Å². The number of nitrogens with zero attached hydrogens (tertiary/aromatic N) is 2. The molecule has 0 aliphatic carbocycles. The monoisotopic (exact) mass is 319 g/mol. The topological polar surface area (TPSA) is 43.8 Å². The molecule has 0 aliphatic heterocycles. The van der Waals surface area contributed by atoms with Gasteiger partial charge < -0.3 is 10.3 Å². The molecule has 0 spiro atoms. The molecule has 0 saturated carbocycles. The number of rotatable bonds is 5. The molecule has 0 amide bonds. The van der Waals surface area contributed by atoms with Crippen molar-refractivity contribution < 1.29 is 13.2 Å². The number of benzene rings is 2. The molecule has 1 aromatic heterocycles. The van der Waals surface area contributed by atoms with Crippen molar-refractivity contribution in [3.05, 3.63) is 53.8 Å². The first-order chi connectivity index (χ1) is 11.1. The normalized spacial score (nSPS) is 11.3. The molecule has 1 heterocycles. The molecule has 6 heteroatoms. The van der Waals surface area contributed by atoms with Crippen LogP contribution in [-0.4, -0.2) is 16.1 Å². The number of aryl methyl sites for hydroxylation is 1. The van der Waals surface area contributed by atoms with Crippen molar-refractivity contribution >= 4 is 11.0 Å². The van der Waals surface area contributed by atoms with Crippen molar-refractivity contribution in [2.45, 2.75) is 19.4 Å². The number of imidazole rings is 1. The van der Waals surface area contributed by atoms with Crippen LogP contribution in [0.5, 0.6) is 0 Å². The summed E-state index contributed by atoms with van der Waals surface area (Å²) < 4.78 is 42.0. The fourth-order valence-electron chi connectivity index (χ4n) is 2.58. The van der Waals surface area contributed by atoms with Gasteiger partial charge in [0.1, 0.15) is 11.6 Å².